The molecule has 2 heteroatoms. The normalized spacial score (nSPS) is 19.6. The van der Waals surface area contributed by atoms with Gasteiger partial charge >= 0.3 is 0 Å². The lowest BCUT2D eigenvalue weighted by molar-refractivity contribution is 0.721. The number of nitrogens with zero attached hydrogens (tertiary/aromatic N) is 1. The van der Waals surface area contributed by atoms with Crippen molar-refractivity contribution in [3.63, 3.8) is 0 Å². The average molecular weight is 266 g/mol. The average Bonchev–Trinajstić information content (AvgIpc) is 2.75. The van der Waals surface area contributed by atoms with Crippen molar-refractivity contribution in [1.29, 1.82) is 0 Å². The molecule has 1 aliphatic heterocycles. The van der Waals surface area contributed by atoms with Gasteiger partial charge in [-0.1, -0.05) is 48.9 Å². The minimum absolute atomic E-state index is 0.210. The first-order chi connectivity index (χ1) is 9.84. The highest BCUT2D eigenvalue weighted by Crippen LogP contribution is 2.26. The van der Waals surface area contributed by atoms with E-state index in [1.165, 1.54) is 41.4 Å². The second kappa shape index (κ2) is 6.08. The van der Waals surface area contributed by atoms with Crippen molar-refractivity contribution >= 4 is 16.6 Å². The number of benzene rings is 2. The van der Waals surface area contributed by atoms with Crippen molar-refractivity contribution < 1.29 is 0 Å². The Bertz CT molecular complexity index is 600. The van der Waals surface area contributed by atoms with E-state index in [0.717, 1.165) is 13.0 Å². The van der Waals surface area contributed by atoms with E-state index in [-0.39, 0.29) is 6.04 Å². The molecule has 0 bridgehead atoms. The molecule has 0 radical (unpaired) electrons. The summed E-state index contributed by atoms with van der Waals surface area (Å²) < 4.78 is 0. The topological polar surface area (TPSA) is 24.4 Å². The zero-order valence-electron chi connectivity index (χ0n) is 12.1. The molecule has 0 aromatic heterocycles. The van der Waals surface area contributed by atoms with Crippen LogP contribution in [0, 0.1) is 0 Å². The predicted octanol–water partition coefficient (Wildman–Crippen LogP) is 4.46. The lowest BCUT2D eigenvalue weighted by atomic mass is 10.00. The third-order valence-electron chi connectivity index (χ3n) is 4.04. The van der Waals surface area contributed by atoms with Crippen LogP contribution in [0.3, 0.4) is 0 Å². The molecule has 0 saturated carbocycles. The Labute approximate surface area is 120 Å². The molecule has 2 nitrogen and oxygen atoms in total. The summed E-state index contributed by atoms with van der Waals surface area (Å²) in [6, 6.07) is 15.3. The van der Waals surface area contributed by atoms with E-state index in [1.807, 2.05) is 0 Å². The lowest BCUT2D eigenvalue weighted by Crippen LogP contribution is -2.22. The third kappa shape index (κ3) is 2.84. The number of fused-ring (bicyclic) bond motifs is 1. The Balaban J connectivity index is 1.92. The number of hydrogen-bond acceptors (Lipinski definition) is 1. The summed E-state index contributed by atoms with van der Waals surface area (Å²) in [6.07, 6.45) is 4.93. The number of rotatable bonds is 2. The molecule has 0 aliphatic carbocycles. The van der Waals surface area contributed by atoms with Gasteiger partial charge in [0.05, 0.1) is 11.9 Å². The van der Waals surface area contributed by atoms with Crippen LogP contribution < -0.4 is 5.32 Å². The lowest BCUT2D eigenvalue weighted by Gasteiger charge is -2.13. The maximum atomic E-state index is 4.92. The van der Waals surface area contributed by atoms with Crippen LogP contribution in [-0.4, -0.2) is 12.4 Å². The first-order valence-corrected chi connectivity index (χ1v) is 7.63. The summed E-state index contributed by atoms with van der Waals surface area (Å²) in [4.78, 5) is 4.92. The maximum absolute atomic E-state index is 4.92. The summed E-state index contributed by atoms with van der Waals surface area (Å²) in [5.74, 6) is 1.18. The molecule has 2 aromatic rings. The van der Waals surface area contributed by atoms with Gasteiger partial charge in [0.15, 0.2) is 0 Å². The van der Waals surface area contributed by atoms with Crippen molar-refractivity contribution in [2.45, 2.75) is 38.6 Å². The standard InChI is InChI=1S/C18H22N2/c1-14(20-18-12-3-2-6-13-19-18)16-11-7-9-15-8-4-5-10-17(15)16/h4-5,7-11,14H,2-3,6,12-13H2,1H3,(H,19,20). The number of aliphatic imine (C=N–C) groups is 1. The van der Waals surface area contributed by atoms with Crippen LogP contribution in [0.15, 0.2) is 47.5 Å². The Morgan fingerprint density at radius 1 is 1.00 bits per heavy atom. The van der Waals surface area contributed by atoms with Gasteiger partial charge in [-0.25, -0.2) is 0 Å². The van der Waals surface area contributed by atoms with Crippen LogP contribution in [0.25, 0.3) is 10.8 Å². The molecule has 0 spiro atoms. The summed E-state index contributed by atoms with van der Waals surface area (Å²) in [7, 11) is 0. The molecular weight excluding hydrogens is 244 g/mol. The van der Waals surface area contributed by atoms with Crippen LogP contribution in [-0.2, 0) is 0 Å². The van der Waals surface area contributed by atoms with Crippen molar-refractivity contribution in [2.75, 3.05) is 6.54 Å². The minimum atomic E-state index is 0.210. The van der Waals surface area contributed by atoms with Gasteiger partial charge in [0, 0.05) is 13.0 Å². The first-order valence-electron chi connectivity index (χ1n) is 7.63. The van der Waals surface area contributed by atoms with E-state index < -0.39 is 0 Å². The van der Waals surface area contributed by atoms with Crippen molar-refractivity contribution in [3.05, 3.63) is 48.0 Å². The highest BCUT2D eigenvalue weighted by atomic mass is 15.0. The summed E-state index contributed by atoms with van der Waals surface area (Å²) in [6.45, 7) is 3.27. The quantitative estimate of drug-likeness (QED) is 0.852. The van der Waals surface area contributed by atoms with Gasteiger partial charge in [-0.2, -0.15) is 0 Å². The van der Waals surface area contributed by atoms with E-state index in [4.69, 9.17) is 4.99 Å². The molecule has 0 amide bonds. The zero-order valence-corrected chi connectivity index (χ0v) is 12.1. The van der Waals surface area contributed by atoms with Crippen molar-refractivity contribution in [2.24, 2.45) is 4.99 Å². The molecule has 104 valence electrons. The Kier molecular flexibility index (Phi) is 4.00. The van der Waals surface area contributed by atoms with Gasteiger partial charge in [-0.05, 0) is 36.1 Å². The largest absolute Gasteiger partial charge is 0.374 e. The second-order valence-electron chi connectivity index (χ2n) is 5.56. The van der Waals surface area contributed by atoms with Gasteiger partial charge in [0.1, 0.15) is 0 Å². The first kappa shape index (κ1) is 13.2. The minimum Gasteiger partial charge on any atom is -0.374 e. The number of amidine groups is 1. The SMILES string of the molecule is CC(N=C1CCCCCN1)c1cccc2ccccc12. The highest BCUT2D eigenvalue weighted by molar-refractivity contribution is 5.87. The third-order valence-corrected chi connectivity index (χ3v) is 4.04. The molecule has 1 N–H and O–H groups in total. The zero-order chi connectivity index (χ0) is 13.8. The fraction of sp³-hybridized carbons (Fsp3) is 0.389. The van der Waals surface area contributed by atoms with Gasteiger partial charge in [0.2, 0.25) is 0 Å². The molecule has 1 atom stereocenters. The molecular formula is C18H22N2. The highest BCUT2D eigenvalue weighted by Gasteiger charge is 2.10. The van der Waals surface area contributed by atoms with E-state index in [0.29, 0.717) is 0 Å². The Morgan fingerprint density at radius 2 is 1.85 bits per heavy atom. The predicted molar refractivity (Wildman–Crippen MR) is 86.3 cm³/mol. The van der Waals surface area contributed by atoms with Crippen LogP contribution in [0.2, 0.25) is 0 Å². The van der Waals surface area contributed by atoms with Gasteiger partial charge < -0.3 is 5.32 Å². The summed E-state index contributed by atoms with van der Waals surface area (Å²) in [5.41, 5.74) is 1.32. The summed E-state index contributed by atoms with van der Waals surface area (Å²) >= 11 is 0. The van der Waals surface area contributed by atoms with E-state index in [9.17, 15) is 0 Å². The van der Waals surface area contributed by atoms with Crippen LogP contribution in [0.5, 0.6) is 0 Å². The summed E-state index contributed by atoms with van der Waals surface area (Å²) in [5, 5.41) is 6.10. The van der Waals surface area contributed by atoms with E-state index in [1.54, 1.807) is 0 Å². The fourth-order valence-electron chi connectivity index (χ4n) is 2.94. The molecule has 3 rings (SSSR count). The van der Waals surface area contributed by atoms with Gasteiger partial charge in [0.25, 0.3) is 0 Å². The van der Waals surface area contributed by atoms with Crippen LogP contribution >= 0.6 is 0 Å². The molecule has 1 unspecified atom stereocenters. The molecule has 20 heavy (non-hydrogen) atoms. The second-order valence-corrected chi connectivity index (χ2v) is 5.56. The Hall–Kier alpha value is -1.83. The van der Waals surface area contributed by atoms with Crippen molar-refractivity contribution in [3.8, 4) is 0 Å². The van der Waals surface area contributed by atoms with E-state index >= 15 is 0 Å². The fourth-order valence-corrected chi connectivity index (χ4v) is 2.94. The smallest absolute Gasteiger partial charge is 0.0970 e. The molecule has 2 aromatic carbocycles. The molecule has 1 saturated heterocycles. The number of hydrogen-bond donors (Lipinski definition) is 1. The van der Waals surface area contributed by atoms with Crippen LogP contribution in [0.4, 0.5) is 0 Å². The molecule has 1 aliphatic rings. The molecule has 1 heterocycles. The number of nitrogens with one attached hydrogen (secondary N) is 1. The van der Waals surface area contributed by atoms with E-state index in [2.05, 4.69) is 54.7 Å². The maximum Gasteiger partial charge on any atom is 0.0970 e. The Morgan fingerprint density at radius 3 is 2.80 bits per heavy atom. The van der Waals surface area contributed by atoms with Gasteiger partial charge in [-0.15, -0.1) is 0 Å². The van der Waals surface area contributed by atoms with Crippen molar-refractivity contribution in [1.82, 2.24) is 5.32 Å². The van der Waals surface area contributed by atoms with Gasteiger partial charge in [-0.3, -0.25) is 4.99 Å². The monoisotopic (exact) mass is 266 g/mol. The molecule has 1 fully saturated rings. The van der Waals surface area contributed by atoms with Crippen LogP contribution in [0.1, 0.15) is 44.2 Å².